The molecule has 10 aromatic rings. The zero-order valence-electron chi connectivity index (χ0n) is 27.5. The predicted octanol–water partition coefficient (Wildman–Crippen LogP) is 14.1. The van der Waals surface area contributed by atoms with Crippen molar-refractivity contribution in [3.8, 4) is 44.5 Å². The maximum Gasteiger partial charge on any atom is -0.00139 e. The topological polar surface area (TPSA) is 0 Å². The molecule has 0 radical (unpaired) electrons. The largest absolute Gasteiger partial charge is 0.0622 e. The van der Waals surface area contributed by atoms with Crippen LogP contribution in [0.3, 0.4) is 0 Å². The number of hydrogen-bond acceptors (Lipinski definition) is 0. The van der Waals surface area contributed by atoms with E-state index >= 15 is 0 Å². The lowest BCUT2D eigenvalue weighted by Gasteiger charge is -2.23. The fraction of sp³-hybridized carbons (Fsp3) is 0. The fourth-order valence-corrected chi connectivity index (χ4v) is 8.39. The highest BCUT2D eigenvalue weighted by Crippen LogP contribution is 2.51. The molecule has 0 heterocycles. The summed E-state index contributed by atoms with van der Waals surface area (Å²) in [5, 5.41) is 12.8. The Morgan fingerprint density at radius 1 is 0.180 bits per heavy atom. The number of hydrogen-bond donors (Lipinski definition) is 0. The van der Waals surface area contributed by atoms with Crippen LogP contribution in [0.1, 0.15) is 0 Å². The van der Waals surface area contributed by atoms with E-state index in [9.17, 15) is 0 Å². The first kappa shape index (κ1) is 28.5. The summed E-state index contributed by atoms with van der Waals surface area (Å²) in [6.07, 6.45) is 0. The van der Waals surface area contributed by atoms with Gasteiger partial charge in [-0.25, -0.2) is 0 Å². The molecule has 0 aliphatic rings. The smallest absolute Gasteiger partial charge is 0.00139 e. The van der Waals surface area contributed by atoms with Gasteiger partial charge in [0, 0.05) is 0 Å². The molecule has 0 nitrogen and oxygen atoms in total. The van der Waals surface area contributed by atoms with Gasteiger partial charge in [0.15, 0.2) is 0 Å². The second-order valence-corrected chi connectivity index (χ2v) is 13.1. The van der Waals surface area contributed by atoms with Crippen LogP contribution < -0.4 is 0 Å². The Morgan fingerprint density at radius 3 is 0.980 bits per heavy atom. The SMILES string of the molecule is c1ccc(-c2cccc(-c3ccccc3)c2-c2c3ccccc3c(-c3cccc4c5ccccc5c5ccccc5c34)c3ccccc23)cc1. The van der Waals surface area contributed by atoms with Crippen molar-refractivity contribution in [2.45, 2.75) is 0 Å². The van der Waals surface area contributed by atoms with E-state index in [1.807, 2.05) is 0 Å². The van der Waals surface area contributed by atoms with E-state index in [0.29, 0.717) is 0 Å². The van der Waals surface area contributed by atoms with Crippen molar-refractivity contribution in [1.29, 1.82) is 0 Å². The van der Waals surface area contributed by atoms with Gasteiger partial charge in [0.1, 0.15) is 0 Å². The van der Waals surface area contributed by atoms with Crippen LogP contribution >= 0.6 is 0 Å². The number of rotatable bonds is 4. The van der Waals surface area contributed by atoms with Gasteiger partial charge in [0.2, 0.25) is 0 Å². The molecule has 0 saturated carbocycles. The van der Waals surface area contributed by atoms with Crippen LogP contribution in [0.5, 0.6) is 0 Å². The summed E-state index contributed by atoms with van der Waals surface area (Å²) >= 11 is 0. The zero-order valence-corrected chi connectivity index (χ0v) is 27.5. The minimum atomic E-state index is 1.21. The summed E-state index contributed by atoms with van der Waals surface area (Å²) < 4.78 is 0. The summed E-state index contributed by atoms with van der Waals surface area (Å²) in [6.45, 7) is 0. The second-order valence-electron chi connectivity index (χ2n) is 13.1. The minimum absolute atomic E-state index is 1.21. The van der Waals surface area contributed by atoms with Crippen molar-refractivity contribution in [3.05, 3.63) is 194 Å². The van der Waals surface area contributed by atoms with Crippen molar-refractivity contribution < 1.29 is 0 Å². The monoisotopic (exact) mass is 632 g/mol. The molecule has 0 aromatic heterocycles. The first-order valence-electron chi connectivity index (χ1n) is 17.4. The molecule has 0 unspecified atom stereocenters. The quantitative estimate of drug-likeness (QED) is 0.134. The third-order valence-electron chi connectivity index (χ3n) is 10.5. The molecular weight excluding hydrogens is 601 g/mol. The Labute approximate surface area is 291 Å². The van der Waals surface area contributed by atoms with Gasteiger partial charge in [-0.15, -0.1) is 0 Å². The van der Waals surface area contributed by atoms with Crippen LogP contribution in [-0.2, 0) is 0 Å². The number of fused-ring (bicyclic) bond motifs is 8. The Morgan fingerprint density at radius 2 is 0.500 bits per heavy atom. The molecule has 10 aromatic carbocycles. The lowest BCUT2D eigenvalue weighted by Crippen LogP contribution is -1.96. The van der Waals surface area contributed by atoms with Gasteiger partial charge in [-0.05, 0) is 98.4 Å². The summed E-state index contributed by atoms with van der Waals surface area (Å²) in [4.78, 5) is 0. The van der Waals surface area contributed by atoms with Crippen LogP contribution in [0.2, 0.25) is 0 Å². The standard InChI is InChI=1S/C50H32/c1-3-17-33(18-4-1)35-29-15-30-36(34-19-5-2-6-20-34)49(35)50-44-27-13-11-25-42(44)48(43-26-12-14-28-45(43)50)46-32-16-31-41-39-22-8-7-21-37(39)38-23-9-10-24-40(38)47(41)46/h1-32H. The normalized spacial score (nSPS) is 11.6. The minimum Gasteiger partial charge on any atom is -0.0622 e. The van der Waals surface area contributed by atoms with Crippen LogP contribution in [0.25, 0.3) is 98.4 Å². The molecule has 0 fully saturated rings. The molecule has 0 spiro atoms. The maximum atomic E-state index is 2.34. The molecule has 50 heavy (non-hydrogen) atoms. The lowest BCUT2D eigenvalue weighted by molar-refractivity contribution is 1.58. The van der Waals surface area contributed by atoms with Crippen molar-refractivity contribution in [3.63, 3.8) is 0 Å². The first-order valence-corrected chi connectivity index (χ1v) is 17.4. The molecule has 0 bridgehead atoms. The fourth-order valence-electron chi connectivity index (χ4n) is 8.39. The van der Waals surface area contributed by atoms with E-state index < -0.39 is 0 Å². The summed E-state index contributed by atoms with van der Waals surface area (Å²) in [5.74, 6) is 0. The average molecular weight is 633 g/mol. The predicted molar refractivity (Wildman–Crippen MR) is 216 cm³/mol. The zero-order chi connectivity index (χ0) is 33.0. The third-order valence-corrected chi connectivity index (χ3v) is 10.5. The second kappa shape index (κ2) is 11.6. The van der Waals surface area contributed by atoms with E-state index in [0.717, 1.165) is 0 Å². The van der Waals surface area contributed by atoms with Crippen LogP contribution in [-0.4, -0.2) is 0 Å². The molecule has 232 valence electrons. The van der Waals surface area contributed by atoms with Gasteiger partial charge in [-0.2, -0.15) is 0 Å². The van der Waals surface area contributed by atoms with Crippen LogP contribution in [0.4, 0.5) is 0 Å². The van der Waals surface area contributed by atoms with Crippen LogP contribution in [0, 0.1) is 0 Å². The van der Waals surface area contributed by atoms with Crippen molar-refractivity contribution in [1.82, 2.24) is 0 Å². The van der Waals surface area contributed by atoms with Crippen LogP contribution in [0.15, 0.2) is 194 Å². The number of benzene rings is 10. The Hall–Kier alpha value is -6.50. The molecule has 0 aliphatic heterocycles. The van der Waals surface area contributed by atoms with E-state index in [-0.39, 0.29) is 0 Å². The maximum absolute atomic E-state index is 2.34. The van der Waals surface area contributed by atoms with Gasteiger partial charge >= 0.3 is 0 Å². The highest BCUT2D eigenvalue weighted by molar-refractivity contribution is 6.32. The average Bonchev–Trinajstić information content (AvgIpc) is 3.20. The van der Waals surface area contributed by atoms with E-state index in [4.69, 9.17) is 0 Å². The van der Waals surface area contributed by atoms with E-state index in [1.54, 1.807) is 0 Å². The van der Waals surface area contributed by atoms with E-state index in [1.165, 1.54) is 98.4 Å². The molecule has 10 rings (SSSR count). The van der Waals surface area contributed by atoms with Gasteiger partial charge in [0.05, 0.1) is 0 Å². The van der Waals surface area contributed by atoms with Gasteiger partial charge in [-0.1, -0.05) is 194 Å². The van der Waals surface area contributed by atoms with Crippen molar-refractivity contribution >= 4 is 53.9 Å². The molecule has 0 aliphatic carbocycles. The molecule has 0 heteroatoms. The van der Waals surface area contributed by atoms with Crippen molar-refractivity contribution in [2.24, 2.45) is 0 Å². The third kappa shape index (κ3) is 4.32. The molecular formula is C50H32. The van der Waals surface area contributed by atoms with Gasteiger partial charge < -0.3 is 0 Å². The molecule has 0 saturated heterocycles. The molecule has 0 atom stereocenters. The Balaban J connectivity index is 1.40. The van der Waals surface area contributed by atoms with E-state index in [2.05, 4.69) is 194 Å². The lowest BCUT2D eigenvalue weighted by atomic mass is 9.80. The Bertz CT molecular complexity index is 2740. The summed E-state index contributed by atoms with van der Waals surface area (Å²) in [6, 6.07) is 71.2. The summed E-state index contributed by atoms with van der Waals surface area (Å²) in [7, 11) is 0. The highest BCUT2D eigenvalue weighted by atomic mass is 14.3. The van der Waals surface area contributed by atoms with Crippen molar-refractivity contribution in [2.75, 3.05) is 0 Å². The van der Waals surface area contributed by atoms with Gasteiger partial charge in [-0.3, -0.25) is 0 Å². The highest BCUT2D eigenvalue weighted by Gasteiger charge is 2.23. The molecule has 0 amide bonds. The van der Waals surface area contributed by atoms with Gasteiger partial charge in [0.25, 0.3) is 0 Å². The Kier molecular flexibility index (Phi) is 6.60. The first-order chi connectivity index (χ1) is 24.9. The molecule has 0 N–H and O–H groups in total. The summed E-state index contributed by atoms with van der Waals surface area (Å²) in [5.41, 5.74) is 9.98.